The summed E-state index contributed by atoms with van der Waals surface area (Å²) in [5, 5.41) is 6.95. The lowest BCUT2D eigenvalue weighted by atomic mass is 10.0. The minimum atomic E-state index is -0.0939. The van der Waals surface area contributed by atoms with Crippen LogP contribution in [0, 0.1) is 13.8 Å². The van der Waals surface area contributed by atoms with Crippen LogP contribution in [0.2, 0.25) is 0 Å². The van der Waals surface area contributed by atoms with Crippen molar-refractivity contribution in [2.75, 3.05) is 39.9 Å². The molecule has 0 aliphatic carbocycles. The minimum absolute atomic E-state index is 0.0914. The maximum Gasteiger partial charge on any atom is 0.317 e. The first-order chi connectivity index (χ1) is 10.8. The SMILES string of the molecule is Cc1noc(C)c1CN(C)C(=O)NCC(C)(C)N1CCOCC1. The first-order valence-electron chi connectivity index (χ1n) is 8.05. The third kappa shape index (κ3) is 4.45. The molecule has 0 unspecified atom stereocenters. The van der Waals surface area contributed by atoms with E-state index in [0.29, 0.717) is 13.1 Å². The van der Waals surface area contributed by atoms with E-state index in [1.54, 1.807) is 11.9 Å². The molecule has 1 N–H and O–H groups in total. The largest absolute Gasteiger partial charge is 0.379 e. The molecule has 7 heteroatoms. The van der Waals surface area contributed by atoms with Gasteiger partial charge in [-0.05, 0) is 27.7 Å². The molecule has 2 amide bonds. The number of hydrogen-bond donors (Lipinski definition) is 1. The van der Waals surface area contributed by atoms with E-state index in [1.807, 2.05) is 13.8 Å². The number of urea groups is 1. The molecule has 2 heterocycles. The number of rotatable bonds is 5. The molecule has 1 aliphatic heterocycles. The Kier molecular flexibility index (Phi) is 5.64. The van der Waals surface area contributed by atoms with Crippen molar-refractivity contribution >= 4 is 6.03 Å². The zero-order chi connectivity index (χ0) is 17.0. The van der Waals surface area contributed by atoms with E-state index in [4.69, 9.17) is 9.26 Å². The third-order valence-electron chi connectivity index (χ3n) is 4.46. The van der Waals surface area contributed by atoms with Crippen LogP contribution in [0.1, 0.15) is 30.9 Å². The minimum Gasteiger partial charge on any atom is -0.379 e. The normalized spacial score (nSPS) is 16.4. The average molecular weight is 324 g/mol. The maximum absolute atomic E-state index is 12.3. The van der Waals surface area contributed by atoms with Crippen LogP contribution in [-0.4, -0.2) is 66.4 Å². The number of aromatic nitrogens is 1. The monoisotopic (exact) mass is 324 g/mol. The lowest BCUT2D eigenvalue weighted by molar-refractivity contribution is -0.00900. The van der Waals surface area contributed by atoms with Gasteiger partial charge in [0.2, 0.25) is 0 Å². The number of nitrogens with one attached hydrogen (secondary N) is 1. The van der Waals surface area contributed by atoms with Crippen LogP contribution in [0.5, 0.6) is 0 Å². The maximum atomic E-state index is 12.3. The Labute approximate surface area is 137 Å². The van der Waals surface area contributed by atoms with Crippen molar-refractivity contribution < 1.29 is 14.1 Å². The van der Waals surface area contributed by atoms with Crippen molar-refractivity contribution in [1.29, 1.82) is 0 Å². The van der Waals surface area contributed by atoms with Gasteiger partial charge in [0.1, 0.15) is 5.76 Å². The van der Waals surface area contributed by atoms with Crippen LogP contribution in [0.4, 0.5) is 4.79 Å². The predicted molar refractivity (Wildman–Crippen MR) is 87.3 cm³/mol. The van der Waals surface area contributed by atoms with Crippen LogP contribution >= 0.6 is 0 Å². The standard InChI is InChI=1S/C16H28N4O3/c1-12-14(13(2)23-18-12)10-19(5)15(21)17-11-16(3,4)20-6-8-22-9-7-20/h6-11H2,1-5H3,(H,17,21). The van der Waals surface area contributed by atoms with E-state index in [0.717, 1.165) is 43.3 Å². The van der Waals surface area contributed by atoms with Crippen LogP contribution in [0.25, 0.3) is 0 Å². The molecule has 2 rings (SSSR count). The Hall–Kier alpha value is -1.60. The van der Waals surface area contributed by atoms with Gasteiger partial charge in [-0.1, -0.05) is 5.16 Å². The van der Waals surface area contributed by atoms with Gasteiger partial charge >= 0.3 is 6.03 Å². The molecular weight excluding hydrogens is 296 g/mol. The molecule has 0 aromatic carbocycles. The van der Waals surface area contributed by atoms with E-state index >= 15 is 0 Å². The number of aryl methyl sites for hydroxylation is 2. The van der Waals surface area contributed by atoms with E-state index in [9.17, 15) is 4.79 Å². The molecule has 1 aromatic rings. The average Bonchev–Trinajstić information content (AvgIpc) is 2.85. The molecular formula is C16H28N4O3. The van der Waals surface area contributed by atoms with Gasteiger partial charge in [0.25, 0.3) is 0 Å². The zero-order valence-electron chi connectivity index (χ0n) is 14.8. The molecule has 0 spiro atoms. The van der Waals surface area contributed by atoms with Crippen molar-refractivity contribution in [1.82, 2.24) is 20.3 Å². The highest BCUT2D eigenvalue weighted by molar-refractivity contribution is 5.74. The summed E-state index contributed by atoms with van der Waals surface area (Å²) in [4.78, 5) is 16.3. The Morgan fingerprint density at radius 3 is 2.57 bits per heavy atom. The molecule has 1 aliphatic rings. The second-order valence-corrected chi connectivity index (χ2v) is 6.73. The summed E-state index contributed by atoms with van der Waals surface area (Å²) >= 11 is 0. The highest BCUT2D eigenvalue weighted by Crippen LogP contribution is 2.16. The van der Waals surface area contributed by atoms with Gasteiger partial charge in [-0.25, -0.2) is 4.79 Å². The van der Waals surface area contributed by atoms with Gasteiger partial charge in [0.15, 0.2) is 0 Å². The highest BCUT2D eigenvalue weighted by atomic mass is 16.5. The summed E-state index contributed by atoms with van der Waals surface area (Å²) in [5.74, 6) is 0.760. The van der Waals surface area contributed by atoms with Gasteiger partial charge in [-0.15, -0.1) is 0 Å². The summed E-state index contributed by atoms with van der Waals surface area (Å²) in [6.07, 6.45) is 0. The fraction of sp³-hybridized carbons (Fsp3) is 0.750. The quantitative estimate of drug-likeness (QED) is 0.890. The number of hydrogen-bond acceptors (Lipinski definition) is 5. The first kappa shape index (κ1) is 17.7. The highest BCUT2D eigenvalue weighted by Gasteiger charge is 2.29. The van der Waals surface area contributed by atoms with Crippen molar-refractivity contribution in [3.63, 3.8) is 0 Å². The number of amides is 2. The molecule has 0 atom stereocenters. The van der Waals surface area contributed by atoms with Crippen LogP contribution in [-0.2, 0) is 11.3 Å². The lowest BCUT2D eigenvalue weighted by Crippen LogP contribution is -2.56. The molecule has 1 aromatic heterocycles. The fourth-order valence-electron chi connectivity index (χ4n) is 2.74. The van der Waals surface area contributed by atoms with E-state index in [1.165, 1.54) is 0 Å². The predicted octanol–water partition coefficient (Wildman–Crippen LogP) is 1.54. The van der Waals surface area contributed by atoms with E-state index in [2.05, 4.69) is 29.2 Å². The number of ether oxygens (including phenoxy) is 1. The number of morpholine rings is 1. The molecule has 0 radical (unpaired) electrons. The van der Waals surface area contributed by atoms with Crippen LogP contribution < -0.4 is 5.32 Å². The number of carbonyl (C=O) groups excluding carboxylic acids is 1. The first-order valence-corrected chi connectivity index (χ1v) is 8.05. The summed E-state index contributed by atoms with van der Waals surface area (Å²) in [6, 6.07) is -0.0914. The molecule has 1 fully saturated rings. The second kappa shape index (κ2) is 7.31. The van der Waals surface area contributed by atoms with Gasteiger partial charge in [0.05, 0.1) is 25.5 Å². The molecule has 0 saturated carbocycles. The Bertz CT molecular complexity index is 516. The molecule has 130 valence electrons. The van der Waals surface area contributed by atoms with Gasteiger partial charge < -0.3 is 19.5 Å². The Balaban J connectivity index is 1.86. The zero-order valence-corrected chi connectivity index (χ0v) is 14.8. The number of nitrogens with zero attached hydrogens (tertiary/aromatic N) is 3. The van der Waals surface area contributed by atoms with Gasteiger partial charge in [-0.2, -0.15) is 0 Å². The molecule has 1 saturated heterocycles. The smallest absolute Gasteiger partial charge is 0.317 e. The summed E-state index contributed by atoms with van der Waals surface area (Å²) in [5.41, 5.74) is 1.70. The lowest BCUT2D eigenvalue weighted by Gasteiger charge is -2.41. The second-order valence-electron chi connectivity index (χ2n) is 6.73. The van der Waals surface area contributed by atoms with Crippen molar-refractivity contribution in [2.24, 2.45) is 0 Å². The van der Waals surface area contributed by atoms with Crippen molar-refractivity contribution in [3.05, 3.63) is 17.0 Å². The molecule has 7 nitrogen and oxygen atoms in total. The third-order valence-corrected chi connectivity index (χ3v) is 4.46. The fourth-order valence-corrected chi connectivity index (χ4v) is 2.74. The molecule has 23 heavy (non-hydrogen) atoms. The van der Waals surface area contributed by atoms with E-state index < -0.39 is 0 Å². The Morgan fingerprint density at radius 1 is 1.35 bits per heavy atom. The molecule has 0 bridgehead atoms. The van der Waals surface area contributed by atoms with Crippen LogP contribution in [0.15, 0.2) is 4.52 Å². The van der Waals surface area contributed by atoms with E-state index in [-0.39, 0.29) is 11.6 Å². The topological polar surface area (TPSA) is 70.8 Å². The number of carbonyl (C=O) groups is 1. The van der Waals surface area contributed by atoms with Crippen molar-refractivity contribution in [2.45, 2.75) is 39.8 Å². The van der Waals surface area contributed by atoms with Gasteiger partial charge in [0, 0.05) is 37.8 Å². The van der Waals surface area contributed by atoms with Crippen LogP contribution in [0.3, 0.4) is 0 Å². The summed E-state index contributed by atoms with van der Waals surface area (Å²) in [6.45, 7) is 12.4. The van der Waals surface area contributed by atoms with Gasteiger partial charge in [-0.3, -0.25) is 4.90 Å². The summed E-state index contributed by atoms with van der Waals surface area (Å²) < 4.78 is 10.5. The van der Waals surface area contributed by atoms with Crippen molar-refractivity contribution in [3.8, 4) is 0 Å². The Morgan fingerprint density at radius 2 is 2.00 bits per heavy atom. The summed E-state index contributed by atoms with van der Waals surface area (Å²) in [7, 11) is 1.78.